The molecule has 28 heavy (non-hydrogen) atoms. The van der Waals surface area contributed by atoms with Crippen LogP contribution in [0.4, 0.5) is 13.2 Å². The molecule has 0 bridgehead atoms. The van der Waals surface area contributed by atoms with Crippen molar-refractivity contribution in [1.29, 1.82) is 0 Å². The Bertz CT molecular complexity index is 976. The number of para-hydroxylation sites is 2. The third-order valence-electron chi connectivity index (χ3n) is 5.13. The van der Waals surface area contributed by atoms with Crippen molar-refractivity contribution in [3.05, 3.63) is 60.2 Å². The van der Waals surface area contributed by atoms with E-state index in [1.165, 1.54) is 4.57 Å². The summed E-state index contributed by atoms with van der Waals surface area (Å²) in [5, 5.41) is 0. The molecule has 146 valence electrons. The number of alkyl halides is 3. The van der Waals surface area contributed by atoms with E-state index < -0.39 is 12.0 Å². The molecule has 1 fully saturated rings. The van der Waals surface area contributed by atoms with Gasteiger partial charge in [0, 0.05) is 25.8 Å². The standard InChI is InChI=1S/C20H19F3N4O/c21-20(22,23)19-25-15-5-1-2-7-17(15)27(19)13-14-8-11-26(12-9-14)18(28)16-6-3-4-10-24-16/h1-7,10,14H,8-9,11-13H2. The van der Waals surface area contributed by atoms with Crippen LogP contribution >= 0.6 is 0 Å². The molecule has 1 saturated heterocycles. The van der Waals surface area contributed by atoms with Crippen molar-refractivity contribution in [2.24, 2.45) is 5.92 Å². The largest absolute Gasteiger partial charge is 0.449 e. The number of rotatable bonds is 3. The fourth-order valence-corrected chi connectivity index (χ4v) is 3.70. The van der Waals surface area contributed by atoms with Gasteiger partial charge in [0.1, 0.15) is 5.69 Å². The Hall–Kier alpha value is -2.90. The first-order valence-electron chi connectivity index (χ1n) is 9.16. The van der Waals surface area contributed by atoms with Gasteiger partial charge in [-0.25, -0.2) is 4.98 Å². The molecule has 1 aromatic carbocycles. The predicted molar refractivity (Wildman–Crippen MR) is 97.6 cm³/mol. The quantitative estimate of drug-likeness (QED) is 0.681. The molecule has 3 heterocycles. The summed E-state index contributed by atoms with van der Waals surface area (Å²) < 4.78 is 41.6. The lowest BCUT2D eigenvalue weighted by Gasteiger charge is -2.32. The number of carbonyl (C=O) groups excluding carboxylic acids is 1. The smallest absolute Gasteiger partial charge is 0.337 e. The van der Waals surface area contributed by atoms with Crippen LogP contribution in [0, 0.1) is 5.92 Å². The summed E-state index contributed by atoms with van der Waals surface area (Å²) in [5.74, 6) is -0.949. The van der Waals surface area contributed by atoms with Crippen molar-refractivity contribution in [3.8, 4) is 0 Å². The fourth-order valence-electron chi connectivity index (χ4n) is 3.70. The zero-order valence-corrected chi connectivity index (χ0v) is 15.1. The molecule has 1 aliphatic rings. The van der Waals surface area contributed by atoms with E-state index in [1.54, 1.807) is 53.6 Å². The van der Waals surface area contributed by atoms with Gasteiger partial charge in [0.2, 0.25) is 5.82 Å². The van der Waals surface area contributed by atoms with E-state index in [0.29, 0.717) is 42.7 Å². The zero-order valence-electron chi connectivity index (χ0n) is 15.1. The van der Waals surface area contributed by atoms with Crippen molar-refractivity contribution in [1.82, 2.24) is 19.4 Å². The normalized spacial score (nSPS) is 15.9. The minimum atomic E-state index is -4.51. The van der Waals surface area contributed by atoms with Crippen LogP contribution in [0.5, 0.6) is 0 Å². The Morgan fingerprint density at radius 1 is 1.07 bits per heavy atom. The maximum atomic E-state index is 13.5. The summed E-state index contributed by atoms with van der Waals surface area (Å²) in [6, 6.07) is 11.8. The van der Waals surface area contributed by atoms with Crippen LogP contribution in [-0.4, -0.2) is 38.4 Å². The average Bonchev–Trinajstić information content (AvgIpc) is 3.08. The highest BCUT2D eigenvalue weighted by molar-refractivity contribution is 5.92. The minimum Gasteiger partial charge on any atom is -0.337 e. The second-order valence-corrected chi connectivity index (χ2v) is 6.98. The predicted octanol–water partition coefficient (Wildman–Crippen LogP) is 4.00. The third kappa shape index (κ3) is 3.58. The van der Waals surface area contributed by atoms with Gasteiger partial charge in [-0.3, -0.25) is 9.78 Å². The topological polar surface area (TPSA) is 51.0 Å². The van der Waals surface area contributed by atoms with Crippen LogP contribution < -0.4 is 0 Å². The molecule has 8 heteroatoms. The van der Waals surface area contributed by atoms with Crippen molar-refractivity contribution in [2.45, 2.75) is 25.6 Å². The molecular weight excluding hydrogens is 369 g/mol. The maximum absolute atomic E-state index is 13.5. The van der Waals surface area contributed by atoms with E-state index in [4.69, 9.17) is 0 Å². The SMILES string of the molecule is O=C(c1ccccn1)N1CCC(Cn2c(C(F)(F)F)nc3ccccc32)CC1. The average molecular weight is 388 g/mol. The lowest BCUT2D eigenvalue weighted by atomic mass is 9.96. The number of likely N-dealkylation sites (tertiary alicyclic amines) is 1. The molecule has 0 radical (unpaired) electrons. The number of hydrogen-bond donors (Lipinski definition) is 0. The summed E-state index contributed by atoms with van der Waals surface area (Å²) in [6.07, 6.45) is -1.65. The molecule has 0 unspecified atom stereocenters. The monoisotopic (exact) mass is 388 g/mol. The van der Waals surface area contributed by atoms with E-state index in [9.17, 15) is 18.0 Å². The highest BCUT2D eigenvalue weighted by Gasteiger charge is 2.38. The second kappa shape index (κ2) is 7.26. The van der Waals surface area contributed by atoms with Gasteiger partial charge in [-0.1, -0.05) is 18.2 Å². The summed E-state index contributed by atoms with van der Waals surface area (Å²) in [7, 11) is 0. The summed E-state index contributed by atoms with van der Waals surface area (Å²) in [6.45, 7) is 1.25. The molecule has 0 spiro atoms. The molecule has 2 aromatic heterocycles. The molecule has 3 aromatic rings. The fraction of sp³-hybridized carbons (Fsp3) is 0.350. The Labute approximate surface area is 159 Å². The van der Waals surface area contributed by atoms with Crippen molar-refractivity contribution < 1.29 is 18.0 Å². The number of imidazole rings is 1. The molecule has 0 aliphatic carbocycles. The van der Waals surface area contributed by atoms with Crippen molar-refractivity contribution in [2.75, 3.05) is 13.1 Å². The van der Waals surface area contributed by atoms with E-state index in [1.807, 2.05) is 0 Å². The zero-order chi connectivity index (χ0) is 19.7. The summed E-state index contributed by atoms with van der Waals surface area (Å²) >= 11 is 0. The van der Waals surface area contributed by atoms with Gasteiger partial charge in [0.05, 0.1) is 11.0 Å². The Balaban J connectivity index is 1.49. The Kier molecular flexibility index (Phi) is 4.78. The first-order chi connectivity index (χ1) is 13.4. The minimum absolute atomic E-state index is 0.0477. The van der Waals surface area contributed by atoms with E-state index >= 15 is 0 Å². The third-order valence-corrected chi connectivity index (χ3v) is 5.13. The lowest BCUT2D eigenvalue weighted by Crippen LogP contribution is -2.39. The van der Waals surface area contributed by atoms with Gasteiger partial charge in [-0.2, -0.15) is 13.2 Å². The maximum Gasteiger partial charge on any atom is 0.449 e. The number of pyridine rings is 1. The molecule has 0 saturated carbocycles. The number of fused-ring (bicyclic) bond motifs is 1. The van der Waals surface area contributed by atoms with E-state index in [2.05, 4.69) is 9.97 Å². The lowest BCUT2D eigenvalue weighted by molar-refractivity contribution is -0.147. The van der Waals surface area contributed by atoms with Gasteiger partial charge in [0.15, 0.2) is 0 Å². The van der Waals surface area contributed by atoms with Gasteiger partial charge in [-0.15, -0.1) is 0 Å². The van der Waals surface area contributed by atoms with Crippen molar-refractivity contribution in [3.63, 3.8) is 0 Å². The summed E-state index contributed by atoms with van der Waals surface area (Å²) in [4.78, 5) is 22.1. The number of carbonyl (C=O) groups is 1. The highest BCUT2D eigenvalue weighted by Crippen LogP contribution is 2.33. The number of nitrogens with zero attached hydrogens (tertiary/aromatic N) is 4. The molecule has 5 nitrogen and oxygen atoms in total. The Morgan fingerprint density at radius 3 is 2.46 bits per heavy atom. The molecule has 1 aliphatic heterocycles. The first kappa shape index (κ1) is 18.5. The first-order valence-corrected chi connectivity index (χ1v) is 9.16. The number of benzene rings is 1. The highest BCUT2D eigenvalue weighted by atomic mass is 19.4. The van der Waals surface area contributed by atoms with Gasteiger partial charge < -0.3 is 9.47 Å². The van der Waals surface area contributed by atoms with Gasteiger partial charge >= 0.3 is 6.18 Å². The van der Waals surface area contributed by atoms with Gasteiger partial charge in [0.25, 0.3) is 5.91 Å². The number of amides is 1. The number of halogens is 3. The van der Waals surface area contributed by atoms with Crippen LogP contribution in [0.25, 0.3) is 11.0 Å². The van der Waals surface area contributed by atoms with Crippen LogP contribution in [0.15, 0.2) is 48.7 Å². The molecule has 1 amide bonds. The molecule has 4 rings (SSSR count). The second-order valence-electron chi connectivity index (χ2n) is 6.98. The number of piperidine rings is 1. The molecule has 0 N–H and O–H groups in total. The van der Waals surface area contributed by atoms with Gasteiger partial charge in [-0.05, 0) is 43.0 Å². The van der Waals surface area contributed by atoms with E-state index in [0.717, 1.165) is 0 Å². The van der Waals surface area contributed by atoms with Crippen LogP contribution in [-0.2, 0) is 12.7 Å². The number of aromatic nitrogens is 3. The Morgan fingerprint density at radius 2 is 1.79 bits per heavy atom. The number of hydrogen-bond acceptors (Lipinski definition) is 3. The van der Waals surface area contributed by atoms with E-state index in [-0.39, 0.29) is 18.4 Å². The molecule has 0 atom stereocenters. The van der Waals surface area contributed by atoms with Crippen molar-refractivity contribution >= 4 is 16.9 Å². The molecular formula is C20H19F3N4O. The van der Waals surface area contributed by atoms with Crippen LogP contribution in [0.1, 0.15) is 29.2 Å². The van der Waals surface area contributed by atoms with Crippen LogP contribution in [0.3, 0.4) is 0 Å². The van der Waals surface area contributed by atoms with Crippen LogP contribution in [0.2, 0.25) is 0 Å². The summed E-state index contributed by atoms with van der Waals surface area (Å²) in [5.41, 5.74) is 1.22.